The minimum absolute atomic E-state index is 0.00233. The molecule has 34 heavy (non-hydrogen) atoms. The van der Waals surface area contributed by atoms with Crippen LogP contribution >= 0.6 is 0 Å². The Morgan fingerprint density at radius 3 is 2.94 bits per heavy atom. The Labute approximate surface area is 197 Å². The number of aromatic amines is 1. The molecule has 5 rings (SSSR count). The number of nitrogens with one attached hydrogen (secondary N) is 2. The molecule has 1 aliphatic heterocycles. The van der Waals surface area contributed by atoms with Crippen molar-refractivity contribution in [2.24, 2.45) is 7.05 Å². The van der Waals surface area contributed by atoms with E-state index in [2.05, 4.69) is 25.5 Å². The molecule has 176 valence electrons. The van der Waals surface area contributed by atoms with Crippen molar-refractivity contribution < 1.29 is 13.2 Å². The molecule has 0 bridgehead atoms. The van der Waals surface area contributed by atoms with Crippen LogP contribution in [0.15, 0.2) is 47.9 Å². The first-order valence-corrected chi connectivity index (χ1v) is 12.4. The molecule has 1 unspecified atom stereocenters. The minimum atomic E-state index is -3.80. The van der Waals surface area contributed by atoms with Crippen LogP contribution in [0.2, 0.25) is 0 Å². The van der Waals surface area contributed by atoms with Crippen LogP contribution in [0.25, 0.3) is 10.9 Å². The molecule has 1 aromatic carbocycles. The summed E-state index contributed by atoms with van der Waals surface area (Å²) in [6.07, 6.45) is 4.87. The van der Waals surface area contributed by atoms with E-state index in [0.29, 0.717) is 12.2 Å². The summed E-state index contributed by atoms with van der Waals surface area (Å²) in [6.45, 7) is 4.53. The van der Waals surface area contributed by atoms with Crippen LogP contribution in [0.1, 0.15) is 45.8 Å². The summed E-state index contributed by atoms with van der Waals surface area (Å²) < 4.78 is 30.1. The molecule has 11 heteroatoms. The maximum Gasteiger partial charge on any atom is 0.268 e. The van der Waals surface area contributed by atoms with Crippen molar-refractivity contribution in [1.82, 2.24) is 34.4 Å². The molecule has 0 saturated heterocycles. The van der Waals surface area contributed by atoms with Crippen LogP contribution in [0.5, 0.6) is 0 Å². The normalized spacial score (nSPS) is 16.5. The number of benzene rings is 1. The number of carbonyl (C=O) groups excluding carboxylic acids is 1. The van der Waals surface area contributed by atoms with Crippen molar-refractivity contribution in [2.75, 3.05) is 6.54 Å². The van der Waals surface area contributed by atoms with Gasteiger partial charge in [-0.1, -0.05) is 19.1 Å². The molecule has 0 spiro atoms. The fourth-order valence-electron chi connectivity index (χ4n) is 4.48. The molecule has 0 fully saturated rings. The van der Waals surface area contributed by atoms with Crippen LogP contribution in [0, 0.1) is 6.92 Å². The lowest BCUT2D eigenvalue weighted by Crippen LogP contribution is -2.37. The number of rotatable bonds is 5. The second-order valence-corrected chi connectivity index (χ2v) is 10.5. The summed E-state index contributed by atoms with van der Waals surface area (Å²) in [4.78, 5) is 21.5. The number of hydrogen-bond donors (Lipinski definition) is 2. The van der Waals surface area contributed by atoms with Gasteiger partial charge in [-0.05, 0) is 24.6 Å². The second kappa shape index (κ2) is 8.33. The summed E-state index contributed by atoms with van der Waals surface area (Å²) in [6, 6.07) is 7.12. The number of sulfonamides is 1. The average Bonchev–Trinajstić information content (AvgIpc) is 3.43. The second-order valence-electron chi connectivity index (χ2n) is 8.60. The Hall–Kier alpha value is -3.57. The highest BCUT2D eigenvalue weighted by Crippen LogP contribution is 2.32. The number of amides is 1. The number of H-pyrrole nitrogens is 1. The Morgan fingerprint density at radius 1 is 1.29 bits per heavy atom. The van der Waals surface area contributed by atoms with E-state index in [1.807, 2.05) is 25.1 Å². The van der Waals surface area contributed by atoms with Crippen molar-refractivity contribution in [3.05, 3.63) is 71.2 Å². The van der Waals surface area contributed by atoms with Gasteiger partial charge >= 0.3 is 0 Å². The molecular weight excluding hydrogens is 454 g/mol. The maximum atomic E-state index is 13.5. The molecule has 4 heterocycles. The highest BCUT2D eigenvalue weighted by molar-refractivity contribution is 7.89. The highest BCUT2D eigenvalue weighted by Gasteiger charge is 2.35. The maximum absolute atomic E-state index is 13.5. The molecule has 0 saturated carbocycles. The molecule has 1 aliphatic rings. The first-order chi connectivity index (χ1) is 16.3. The summed E-state index contributed by atoms with van der Waals surface area (Å²) >= 11 is 0. The Balaban J connectivity index is 1.39. The highest BCUT2D eigenvalue weighted by atomic mass is 32.2. The number of fused-ring (bicyclic) bond motifs is 2. The van der Waals surface area contributed by atoms with Gasteiger partial charge in [0.1, 0.15) is 16.9 Å². The van der Waals surface area contributed by atoms with Crippen LogP contribution in [-0.2, 0) is 30.2 Å². The van der Waals surface area contributed by atoms with E-state index in [0.717, 1.165) is 27.7 Å². The molecule has 1 atom stereocenters. The van der Waals surface area contributed by atoms with Gasteiger partial charge < -0.3 is 9.88 Å². The van der Waals surface area contributed by atoms with Gasteiger partial charge in [-0.2, -0.15) is 9.40 Å². The van der Waals surface area contributed by atoms with Crippen molar-refractivity contribution in [2.45, 2.75) is 37.8 Å². The van der Waals surface area contributed by atoms with Gasteiger partial charge in [-0.15, -0.1) is 0 Å². The largest absolute Gasteiger partial charge is 0.347 e. The molecule has 0 aliphatic carbocycles. The van der Waals surface area contributed by atoms with Crippen LogP contribution in [0.4, 0.5) is 0 Å². The fraction of sp³-hybridized carbons (Fsp3) is 0.304. The van der Waals surface area contributed by atoms with E-state index in [-0.39, 0.29) is 35.5 Å². The lowest BCUT2D eigenvalue weighted by molar-refractivity contribution is 0.0942. The predicted octanol–water partition coefficient (Wildman–Crippen LogP) is 2.24. The quantitative estimate of drug-likeness (QED) is 0.452. The summed E-state index contributed by atoms with van der Waals surface area (Å²) in [7, 11) is -2.11. The van der Waals surface area contributed by atoms with E-state index in [4.69, 9.17) is 0 Å². The SMILES string of the molecule is Cc1c(S(=O)(=O)N2Cc3cn[nH]c3C(C)C2)cc(C(=O)NCc2cccc3ncncc23)n1C. The standard InChI is InChI=1S/C23H25N7O3S/c1-14-11-30(12-17-9-27-28-22(14)17)34(32,33)21-7-20(29(3)15(21)2)23(31)25-8-16-5-4-6-19-18(16)10-24-13-26-19/h4-7,9-10,13-14H,8,11-12H2,1-3H3,(H,25,31)(H,27,28). The van der Waals surface area contributed by atoms with Crippen LogP contribution in [0.3, 0.4) is 0 Å². The van der Waals surface area contributed by atoms with Gasteiger partial charge in [0.25, 0.3) is 5.91 Å². The fourth-order valence-corrected chi connectivity index (χ4v) is 6.26. The van der Waals surface area contributed by atoms with E-state index >= 15 is 0 Å². The molecule has 1 amide bonds. The Bertz CT molecular complexity index is 1500. The number of aromatic nitrogens is 5. The van der Waals surface area contributed by atoms with Crippen LogP contribution < -0.4 is 5.32 Å². The lowest BCUT2D eigenvalue weighted by Gasteiger charge is -2.29. The van der Waals surface area contributed by atoms with E-state index in [1.165, 1.54) is 16.7 Å². The third-order valence-electron chi connectivity index (χ3n) is 6.49. The van der Waals surface area contributed by atoms with Crippen molar-refractivity contribution in [1.29, 1.82) is 0 Å². The van der Waals surface area contributed by atoms with Gasteiger partial charge in [0.2, 0.25) is 10.0 Å². The lowest BCUT2D eigenvalue weighted by atomic mass is 10.0. The molecule has 10 nitrogen and oxygen atoms in total. The van der Waals surface area contributed by atoms with Gasteiger partial charge in [-0.3, -0.25) is 9.89 Å². The predicted molar refractivity (Wildman–Crippen MR) is 125 cm³/mol. The minimum Gasteiger partial charge on any atom is -0.347 e. The molecular formula is C23H25N7O3S. The summed E-state index contributed by atoms with van der Waals surface area (Å²) in [5, 5.41) is 10.8. The first-order valence-electron chi connectivity index (χ1n) is 10.9. The summed E-state index contributed by atoms with van der Waals surface area (Å²) in [5.41, 5.74) is 4.30. The van der Waals surface area contributed by atoms with Gasteiger partial charge in [0, 0.05) is 61.1 Å². The Kier molecular flexibility index (Phi) is 5.45. The number of nitrogens with zero attached hydrogens (tertiary/aromatic N) is 5. The number of hydrogen-bond acceptors (Lipinski definition) is 6. The van der Waals surface area contributed by atoms with Crippen molar-refractivity contribution in [3.8, 4) is 0 Å². The van der Waals surface area contributed by atoms with Crippen LogP contribution in [-0.4, -0.2) is 49.9 Å². The zero-order valence-corrected chi connectivity index (χ0v) is 19.9. The average molecular weight is 480 g/mol. The van der Waals surface area contributed by atoms with Gasteiger partial charge in [-0.25, -0.2) is 18.4 Å². The first kappa shape index (κ1) is 22.2. The molecule has 2 N–H and O–H groups in total. The van der Waals surface area contributed by atoms with Gasteiger partial charge in [0.05, 0.1) is 11.7 Å². The van der Waals surface area contributed by atoms with Gasteiger partial charge in [0.15, 0.2) is 0 Å². The molecule has 0 radical (unpaired) electrons. The topological polar surface area (TPSA) is 126 Å². The number of carbonyl (C=O) groups is 1. The zero-order valence-electron chi connectivity index (χ0n) is 19.1. The van der Waals surface area contributed by atoms with Crippen molar-refractivity contribution in [3.63, 3.8) is 0 Å². The summed E-state index contributed by atoms with van der Waals surface area (Å²) in [5.74, 6) is -0.359. The Morgan fingerprint density at radius 2 is 2.12 bits per heavy atom. The van der Waals surface area contributed by atoms with E-state index in [9.17, 15) is 13.2 Å². The smallest absolute Gasteiger partial charge is 0.268 e. The molecule has 3 aromatic heterocycles. The monoisotopic (exact) mass is 479 g/mol. The van der Waals surface area contributed by atoms with Crippen molar-refractivity contribution >= 4 is 26.8 Å². The third-order valence-corrected chi connectivity index (χ3v) is 8.41. The van der Waals surface area contributed by atoms with E-state index < -0.39 is 10.0 Å². The van der Waals surface area contributed by atoms with E-state index in [1.54, 1.807) is 30.9 Å². The third kappa shape index (κ3) is 3.66. The molecule has 4 aromatic rings. The zero-order chi connectivity index (χ0) is 24.0.